The molecule has 0 radical (unpaired) electrons. The second-order valence-corrected chi connectivity index (χ2v) is 5.62. The Kier molecular flexibility index (Phi) is 4.13. The molecule has 1 aliphatic rings. The number of aliphatic hydroxyl groups is 1. The molecule has 3 nitrogen and oxygen atoms in total. The lowest BCUT2D eigenvalue weighted by Crippen LogP contribution is -2.46. The van der Waals surface area contributed by atoms with Gasteiger partial charge in [0.1, 0.15) is 11.5 Å². The molecule has 0 aliphatic heterocycles. The van der Waals surface area contributed by atoms with Gasteiger partial charge in [-0.15, -0.1) is 0 Å². The summed E-state index contributed by atoms with van der Waals surface area (Å²) in [5.74, 6) is 3.52. The zero-order valence-electron chi connectivity index (χ0n) is 11.7. The van der Waals surface area contributed by atoms with E-state index in [1.807, 2.05) is 0 Å². The third-order valence-electron chi connectivity index (χ3n) is 4.45. The number of aliphatic hydroxyl groups excluding tert-OH is 1. The molecule has 3 heteroatoms. The summed E-state index contributed by atoms with van der Waals surface area (Å²) in [5, 5.41) is 12.9. The number of hydrogen-bond donors (Lipinski definition) is 2. The minimum Gasteiger partial charge on any atom is -0.464 e. The lowest BCUT2D eigenvalue weighted by Gasteiger charge is -2.30. The Morgan fingerprint density at radius 3 is 2.56 bits per heavy atom. The second-order valence-electron chi connectivity index (χ2n) is 5.62. The molecule has 2 N–H and O–H groups in total. The maximum Gasteiger partial charge on any atom is 0.117 e. The van der Waals surface area contributed by atoms with Gasteiger partial charge in [-0.2, -0.15) is 0 Å². The van der Waals surface area contributed by atoms with E-state index < -0.39 is 0 Å². The van der Waals surface area contributed by atoms with E-state index >= 15 is 0 Å². The Morgan fingerprint density at radius 2 is 2.06 bits per heavy atom. The molecule has 1 fully saturated rings. The standard InChI is InChI=1S/C15H25NO2/c1-4-15(5-2,10-17)16-9-12-6-7-14(18-12)13-8-11(13)3/h6-7,11,13,16-17H,4-5,8-10H2,1-3H3. The van der Waals surface area contributed by atoms with Crippen LogP contribution in [0.3, 0.4) is 0 Å². The van der Waals surface area contributed by atoms with E-state index in [9.17, 15) is 5.11 Å². The summed E-state index contributed by atoms with van der Waals surface area (Å²) >= 11 is 0. The summed E-state index contributed by atoms with van der Waals surface area (Å²) in [7, 11) is 0. The first-order valence-corrected chi connectivity index (χ1v) is 7.08. The molecule has 1 aromatic rings. The average molecular weight is 251 g/mol. The van der Waals surface area contributed by atoms with Crippen molar-refractivity contribution in [2.45, 2.75) is 58.0 Å². The van der Waals surface area contributed by atoms with Crippen molar-refractivity contribution in [1.29, 1.82) is 0 Å². The summed E-state index contributed by atoms with van der Waals surface area (Å²) in [6.07, 6.45) is 3.10. The lowest BCUT2D eigenvalue weighted by atomic mass is 9.94. The molecular weight excluding hydrogens is 226 g/mol. The van der Waals surface area contributed by atoms with E-state index in [0.717, 1.165) is 30.3 Å². The van der Waals surface area contributed by atoms with Crippen molar-refractivity contribution in [2.24, 2.45) is 5.92 Å². The van der Waals surface area contributed by atoms with E-state index in [1.54, 1.807) is 0 Å². The van der Waals surface area contributed by atoms with Crippen LogP contribution >= 0.6 is 0 Å². The van der Waals surface area contributed by atoms with Crippen LogP contribution in [0.4, 0.5) is 0 Å². The molecule has 102 valence electrons. The molecule has 0 saturated heterocycles. The second kappa shape index (κ2) is 5.45. The third-order valence-corrected chi connectivity index (χ3v) is 4.45. The van der Waals surface area contributed by atoms with E-state index in [4.69, 9.17) is 4.42 Å². The highest BCUT2D eigenvalue weighted by Crippen LogP contribution is 2.47. The van der Waals surface area contributed by atoms with Gasteiger partial charge in [-0.3, -0.25) is 0 Å². The van der Waals surface area contributed by atoms with Crippen molar-refractivity contribution in [3.05, 3.63) is 23.7 Å². The molecule has 0 amide bonds. The molecule has 0 spiro atoms. The predicted molar refractivity (Wildman–Crippen MR) is 72.5 cm³/mol. The van der Waals surface area contributed by atoms with Crippen molar-refractivity contribution in [1.82, 2.24) is 5.32 Å². The summed E-state index contributed by atoms with van der Waals surface area (Å²) in [6.45, 7) is 7.34. The molecule has 1 saturated carbocycles. The van der Waals surface area contributed by atoms with Crippen LogP contribution in [-0.2, 0) is 6.54 Å². The normalized spacial score (nSPS) is 23.3. The van der Waals surface area contributed by atoms with Gasteiger partial charge in [0.05, 0.1) is 13.2 Å². The SMILES string of the molecule is CCC(CC)(CO)NCc1ccc(C2CC2C)o1. The highest BCUT2D eigenvalue weighted by molar-refractivity contribution is 5.17. The van der Waals surface area contributed by atoms with E-state index in [-0.39, 0.29) is 12.1 Å². The topological polar surface area (TPSA) is 45.4 Å². The number of hydrogen-bond acceptors (Lipinski definition) is 3. The van der Waals surface area contributed by atoms with Gasteiger partial charge in [-0.1, -0.05) is 20.8 Å². The number of furan rings is 1. The fraction of sp³-hybridized carbons (Fsp3) is 0.733. The zero-order valence-corrected chi connectivity index (χ0v) is 11.7. The summed E-state index contributed by atoms with van der Waals surface area (Å²) < 4.78 is 5.86. The predicted octanol–water partition coefficient (Wildman–Crippen LogP) is 3.04. The fourth-order valence-electron chi connectivity index (χ4n) is 2.46. The van der Waals surface area contributed by atoms with Crippen LogP contribution in [0.15, 0.2) is 16.5 Å². The van der Waals surface area contributed by atoms with Gasteiger partial charge < -0.3 is 14.8 Å². The van der Waals surface area contributed by atoms with Crippen LogP contribution in [0.5, 0.6) is 0 Å². The van der Waals surface area contributed by atoms with Gasteiger partial charge in [-0.25, -0.2) is 0 Å². The molecule has 2 unspecified atom stereocenters. The molecule has 2 rings (SSSR count). The highest BCUT2D eigenvalue weighted by atomic mass is 16.3. The largest absolute Gasteiger partial charge is 0.464 e. The molecule has 1 aromatic heterocycles. The Labute approximate surface area is 110 Å². The summed E-state index contributed by atoms with van der Waals surface area (Å²) in [4.78, 5) is 0. The monoisotopic (exact) mass is 251 g/mol. The first-order valence-electron chi connectivity index (χ1n) is 7.08. The maximum atomic E-state index is 9.50. The summed E-state index contributed by atoms with van der Waals surface area (Å²) in [5.41, 5.74) is -0.167. The van der Waals surface area contributed by atoms with Crippen molar-refractivity contribution in [3.63, 3.8) is 0 Å². The average Bonchev–Trinajstić information content (AvgIpc) is 2.94. The first-order chi connectivity index (χ1) is 8.64. The quantitative estimate of drug-likeness (QED) is 0.783. The van der Waals surface area contributed by atoms with Gasteiger partial charge in [0.15, 0.2) is 0 Å². The third kappa shape index (κ3) is 2.78. The highest BCUT2D eigenvalue weighted by Gasteiger charge is 2.36. The Balaban J connectivity index is 1.91. The molecule has 0 aromatic carbocycles. The van der Waals surface area contributed by atoms with Crippen LogP contribution < -0.4 is 5.32 Å². The van der Waals surface area contributed by atoms with Crippen molar-refractivity contribution in [2.75, 3.05) is 6.61 Å². The molecule has 18 heavy (non-hydrogen) atoms. The molecule has 2 atom stereocenters. The number of rotatable bonds is 7. The van der Waals surface area contributed by atoms with Crippen LogP contribution in [-0.4, -0.2) is 17.3 Å². The Hall–Kier alpha value is -0.800. The van der Waals surface area contributed by atoms with Gasteiger partial charge in [0.25, 0.3) is 0 Å². The van der Waals surface area contributed by atoms with Gasteiger partial charge in [0, 0.05) is 11.5 Å². The van der Waals surface area contributed by atoms with E-state index in [0.29, 0.717) is 12.5 Å². The Morgan fingerprint density at radius 1 is 1.39 bits per heavy atom. The van der Waals surface area contributed by atoms with Gasteiger partial charge in [0.2, 0.25) is 0 Å². The van der Waals surface area contributed by atoms with Crippen LogP contribution in [0.2, 0.25) is 0 Å². The summed E-state index contributed by atoms with van der Waals surface area (Å²) in [6, 6.07) is 4.16. The lowest BCUT2D eigenvalue weighted by molar-refractivity contribution is 0.147. The van der Waals surface area contributed by atoms with Gasteiger partial charge in [-0.05, 0) is 37.3 Å². The zero-order chi connectivity index (χ0) is 13.2. The van der Waals surface area contributed by atoms with E-state index in [2.05, 4.69) is 38.2 Å². The van der Waals surface area contributed by atoms with Crippen LogP contribution in [0, 0.1) is 5.92 Å². The van der Waals surface area contributed by atoms with Gasteiger partial charge >= 0.3 is 0 Å². The molecular formula is C15H25NO2. The first kappa shape index (κ1) is 13.6. The maximum absolute atomic E-state index is 9.50. The van der Waals surface area contributed by atoms with Crippen molar-refractivity contribution in [3.8, 4) is 0 Å². The molecule has 1 aliphatic carbocycles. The van der Waals surface area contributed by atoms with E-state index in [1.165, 1.54) is 6.42 Å². The molecule has 0 bridgehead atoms. The minimum atomic E-state index is -0.167. The number of nitrogens with one attached hydrogen (secondary N) is 1. The minimum absolute atomic E-state index is 0.167. The van der Waals surface area contributed by atoms with Crippen molar-refractivity contribution >= 4 is 0 Å². The Bertz CT molecular complexity index is 373. The van der Waals surface area contributed by atoms with Crippen LogP contribution in [0.1, 0.15) is 57.5 Å². The van der Waals surface area contributed by atoms with Crippen molar-refractivity contribution < 1.29 is 9.52 Å². The van der Waals surface area contributed by atoms with Crippen LogP contribution in [0.25, 0.3) is 0 Å². The fourth-order valence-corrected chi connectivity index (χ4v) is 2.46. The molecule has 1 heterocycles. The smallest absolute Gasteiger partial charge is 0.117 e.